The van der Waals surface area contributed by atoms with Gasteiger partial charge in [0.15, 0.2) is 0 Å². The van der Waals surface area contributed by atoms with Gasteiger partial charge >= 0.3 is 0 Å². The highest BCUT2D eigenvalue weighted by molar-refractivity contribution is 6.39. The van der Waals surface area contributed by atoms with E-state index in [4.69, 9.17) is 39.9 Å². The van der Waals surface area contributed by atoms with Crippen LogP contribution >= 0.6 is 34.8 Å². The second kappa shape index (κ2) is 9.09. The lowest BCUT2D eigenvalue weighted by molar-refractivity contribution is -0.119. The second-order valence-corrected chi connectivity index (χ2v) is 8.87. The second-order valence-electron chi connectivity index (χ2n) is 7.56. The Hall–Kier alpha value is -1.53. The summed E-state index contributed by atoms with van der Waals surface area (Å²) in [6, 6.07) is 7.42. The highest BCUT2D eigenvalue weighted by Gasteiger charge is 2.37. The molecule has 2 aliphatic heterocycles. The summed E-state index contributed by atoms with van der Waals surface area (Å²) in [7, 11) is 0. The number of amides is 1. The minimum absolute atomic E-state index is 0.0909. The molecule has 1 saturated heterocycles. The lowest BCUT2D eigenvalue weighted by Crippen LogP contribution is -2.47. The molecular formula is C21H23Cl3N4O. The number of nitrogens with zero attached hydrogens (tertiary/aromatic N) is 3. The molecule has 1 fully saturated rings. The lowest BCUT2D eigenvalue weighted by Gasteiger charge is -2.33. The Morgan fingerprint density at radius 3 is 2.45 bits per heavy atom. The van der Waals surface area contributed by atoms with Crippen LogP contribution in [0.2, 0.25) is 5.02 Å². The minimum Gasteiger partial charge on any atom is -0.284 e. The van der Waals surface area contributed by atoms with E-state index < -0.39 is 0 Å². The van der Waals surface area contributed by atoms with Gasteiger partial charge in [-0.1, -0.05) is 59.4 Å². The maximum atomic E-state index is 12.9. The predicted octanol–water partition coefficient (Wildman–Crippen LogP) is 4.98. The van der Waals surface area contributed by atoms with Crippen LogP contribution in [0.5, 0.6) is 0 Å². The van der Waals surface area contributed by atoms with Crippen molar-refractivity contribution in [1.82, 2.24) is 15.4 Å². The SMILES string of the molecule is O=C(NN1CCCCC1)C1=NN(C2CC=C(Cl)C=C2Cl)[C@H](c2ccc(Cl)cc2)C1. The van der Waals surface area contributed by atoms with Gasteiger partial charge in [0.1, 0.15) is 5.71 Å². The fraction of sp³-hybridized carbons (Fsp3) is 0.429. The van der Waals surface area contributed by atoms with E-state index in [1.807, 2.05) is 40.4 Å². The van der Waals surface area contributed by atoms with Gasteiger partial charge in [0.05, 0.1) is 12.1 Å². The van der Waals surface area contributed by atoms with Crippen LogP contribution in [0.4, 0.5) is 0 Å². The molecule has 2 atom stereocenters. The van der Waals surface area contributed by atoms with Gasteiger partial charge in [0.25, 0.3) is 5.91 Å². The number of hydrazone groups is 1. The third-order valence-electron chi connectivity index (χ3n) is 5.52. The molecule has 4 rings (SSSR count). The van der Waals surface area contributed by atoms with Gasteiger partial charge in [-0.2, -0.15) is 5.10 Å². The van der Waals surface area contributed by atoms with Gasteiger partial charge in [0.2, 0.25) is 0 Å². The van der Waals surface area contributed by atoms with Crippen molar-refractivity contribution in [3.8, 4) is 0 Å². The number of hydrogen-bond acceptors (Lipinski definition) is 4. The summed E-state index contributed by atoms with van der Waals surface area (Å²) in [5, 5.41) is 10.6. The monoisotopic (exact) mass is 452 g/mol. The van der Waals surface area contributed by atoms with Crippen molar-refractivity contribution < 1.29 is 4.79 Å². The van der Waals surface area contributed by atoms with Crippen LogP contribution in [0, 0.1) is 0 Å². The molecule has 1 aromatic rings. The molecule has 0 radical (unpaired) electrons. The van der Waals surface area contributed by atoms with Crippen molar-refractivity contribution in [2.24, 2.45) is 5.10 Å². The van der Waals surface area contributed by atoms with Crippen LogP contribution in [0.1, 0.15) is 43.7 Å². The van der Waals surface area contributed by atoms with Crippen LogP contribution in [0.3, 0.4) is 0 Å². The van der Waals surface area contributed by atoms with Gasteiger partial charge in [-0.05, 0) is 43.0 Å². The zero-order chi connectivity index (χ0) is 20.4. The number of piperidine rings is 1. The maximum Gasteiger partial charge on any atom is 0.281 e. The van der Waals surface area contributed by atoms with Gasteiger partial charge in [-0.25, -0.2) is 5.01 Å². The van der Waals surface area contributed by atoms with Gasteiger partial charge in [-0.3, -0.25) is 15.2 Å². The first-order valence-electron chi connectivity index (χ1n) is 9.91. The molecule has 29 heavy (non-hydrogen) atoms. The Labute approximate surface area is 185 Å². The molecule has 1 amide bonds. The molecule has 1 N–H and O–H groups in total. The molecule has 3 aliphatic rings. The van der Waals surface area contributed by atoms with Gasteiger partial charge in [-0.15, -0.1) is 0 Å². The number of carbonyl (C=O) groups is 1. The summed E-state index contributed by atoms with van der Waals surface area (Å²) in [6.07, 6.45) is 8.24. The molecule has 0 spiro atoms. The van der Waals surface area contributed by atoms with Crippen LogP contribution in [-0.4, -0.2) is 40.8 Å². The van der Waals surface area contributed by atoms with Gasteiger partial charge < -0.3 is 0 Å². The standard InChI is InChI=1S/C21H23Cl3N4O/c22-15-6-4-14(5-7-15)20-13-18(21(29)26-27-10-2-1-3-11-27)25-28(20)19-9-8-16(23)12-17(19)24/h4-8,12,19-20H,1-3,9-11,13H2,(H,26,29)/t19?,20-/m0/s1. The van der Waals surface area contributed by atoms with Crippen LogP contribution < -0.4 is 5.43 Å². The summed E-state index contributed by atoms with van der Waals surface area (Å²) in [5.74, 6) is -0.141. The van der Waals surface area contributed by atoms with Crippen molar-refractivity contribution in [2.75, 3.05) is 13.1 Å². The van der Waals surface area contributed by atoms with Crippen LogP contribution in [0.25, 0.3) is 0 Å². The van der Waals surface area contributed by atoms with Crippen molar-refractivity contribution in [3.05, 3.63) is 57.1 Å². The number of allylic oxidation sites excluding steroid dienone is 2. The molecule has 1 unspecified atom stereocenters. The maximum absolute atomic E-state index is 12.9. The van der Waals surface area contributed by atoms with E-state index in [0.29, 0.717) is 33.6 Å². The van der Waals surface area contributed by atoms with Crippen molar-refractivity contribution in [3.63, 3.8) is 0 Å². The molecular weight excluding hydrogens is 431 g/mol. The van der Waals surface area contributed by atoms with E-state index in [2.05, 4.69) is 5.43 Å². The number of hydrazine groups is 1. The topological polar surface area (TPSA) is 47.9 Å². The summed E-state index contributed by atoms with van der Waals surface area (Å²) < 4.78 is 0. The Morgan fingerprint density at radius 1 is 1.03 bits per heavy atom. The summed E-state index contributed by atoms with van der Waals surface area (Å²) in [4.78, 5) is 12.9. The number of hydrogen-bond donors (Lipinski definition) is 1. The lowest BCUT2D eigenvalue weighted by atomic mass is 9.99. The fourth-order valence-electron chi connectivity index (χ4n) is 3.98. The summed E-state index contributed by atoms with van der Waals surface area (Å²) >= 11 is 18.7. The molecule has 0 aromatic heterocycles. The Morgan fingerprint density at radius 2 is 1.76 bits per heavy atom. The minimum atomic E-state index is -0.153. The summed E-state index contributed by atoms with van der Waals surface area (Å²) in [5.41, 5.74) is 4.58. The molecule has 0 bridgehead atoms. The number of carbonyl (C=O) groups excluding carboxylic acids is 1. The average Bonchev–Trinajstić information content (AvgIpc) is 3.14. The van der Waals surface area contributed by atoms with E-state index in [1.54, 1.807) is 6.08 Å². The Kier molecular flexibility index (Phi) is 6.50. The average molecular weight is 454 g/mol. The molecule has 0 saturated carbocycles. The Bertz CT molecular complexity index is 859. The highest BCUT2D eigenvalue weighted by Crippen LogP contribution is 2.38. The first-order chi connectivity index (χ1) is 14.0. The third kappa shape index (κ3) is 4.80. The zero-order valence-corrected chi connectivity index (χ0v) is 18.2. The summed E-state index contributed by atoms with van der Waals surface area (Å²) in [6.45, 7) is 1.76. The largest absolute Gasteiger partial charge is 0.284 e. The fourth-order valence-corrected chi connectivity index (χ4v) is 4.67. The third-order valence-corrected chi connectivity index (χ3v) is 6.40. The van der Waals surface area contributed by atoms with Crippen molar-refractivity contribution in [1.29, 1.82) is 0 Å². The van der Waals surface area contributed by atoms with Crippen molar-refractivity contribution >= 4 is 46.4 Å². The van der Waals surface area contributed by atoms with E-state index in [9.17, 15) is 4.79 Å². The highest BCUT2D eigenvalue weighted by atomic mass is 35.5. The number of benzene rings is 1. The van der Waals surface area contributed by atoms with E-state index in [1.165, 1.54) is 6.42 Å². The number of halogens is 3. The number of nitrogens with one attached hydrogen (secondary N) is 1. The molecule has 1 aliphatic carbocycles. The molecule has 2 heterocycles. The quantitative estimate of drug-likeness (QED) is 0.699. The molecule has 154 valence electrons. The van der Waals surface area contributed by atoms with E-state index in [-0.39, 0.29) is 18.0 Å². The first kappa shape index (κ1) is 20.7. The van der Waals surface area contributed by atoms with Gasteiger partial charge in [0, 0.05) is 34.6 Å². The zero-order valence-electron chi connectivity index (χ0n) is 16.0. The molecule has 1 aromatic carbocycles. The van der Waals surface area contributed by atoms with E-state index >= 15 is 0 Å². The van der Waals surface area contributed by atoms with Crippen LogP contribution in [-0.2, 0) is 4.79 Å². The van der Waals surface area contributed by atoms with Crippen molar-refractivity contribution in [2.45, 2.75) is 44.2 Å². The Balaban J connectivity index is 1.57. The number of rotatable bonds is 4. The first-order valence-corrected chi connectivity index (χ1v) is 11.0. The molecule has 5 nitrogen and oxygen atoms in total. The molecule has 8 heteroatoms. The predicted molar refractivity (Wildman–Crippen MR) is 118 cm³/mol. The van der Waals surface area contributed by atoms with E-state index in [0.717, 1.165) is 31.5 Å². The smallest absolute Gasteiger partial charge is 0.281 e. The normalized spacial score (nSPS) is 25.3. The van der Waals surface area contributed by atoms with Crippen LogP contribution in [0.15, 0.2) is 51.6 Å².